The first-order valence-corrected chi connectivity index (χ1v) is 8.75. The molecule has 3 amide bonds. The van der Waals surface area contributed by atoms with Gasteiger partial charge >= 0.3 is 6.09 Å². The molecule has 0 atom stereocenters. The molecule has 0 spiro atoms. The Kier molecular flexibility index (Phi) is 8.58. The lowest BCUT2D eigenvalue weighted by atomic mass is 10.2. The van der Waals surface area contributed by atoms with Crippen molar-refractivity contribution in [2.45, 2.75) is 39.2 Å². The van der Waals surface area contributed by atoms with Crippen molar-refractivity contribution in [2.24, 2.45) is 0 Å². The summed E-state index contributed by atoms with van der Waals surface area (Å²) in [6.07, 6.45) is 0.166. The summed E-state index contributed by atoms with van der Waals surface area (Å²) >= 11 is 0. The standard InChI is InChI=1S/C19H29N3O5/c1-19(2,3)27-18(25)20-11-7-10-17(24)22(4)13-16(23)21-14-8-6-9-15(12-14)26-5/h6,8-9,12H,7,10-11,13H2,1-5H3,(H,20,25)(H,21,23). The van der Waals surface area contributed by atoms with Crippen LogP contribution in [0.5, 0.6) is 5.75 Å². The van der Waals surface area contributed by atoms with Gasteiger partial charge in [0, 0.05) is 31.8 Å². The number of rotatable bonds is 8. The van der Waals surface area contributed by atoms with Gasteiger partial charge in [-0.15, -0.1) is 0 Å². The van der Waals surface area contributed by atoms with Crippen LogP contribution in [0.2, 0.25) is 0 Å². The van der Waals surface area contributed by atoms with Crippen LogP contribution in [0.1, 0.15) is 33.6 Å². The van der Waals surface area contributed by atoms with Crippen molar-refractivity contribution in [1.82, 2.24) is 10.2 Å². The van der Waals surface area contributed by atoms with Crippen molar-refractivity contribution < 1.29 is 23.9 Å². The second-order valence-corrected chi connectivity index (χ2v) is 7.06. The van der Waals surface area contributed by atoms with E-state index in [0.29, 0.717) is 24.4 Å². The predicted molar refractivity (Wildman–Crippen MR) is 103 cm³/mol. The van der Waals surface area contributed by atoms with Crippen molar-refractivity contribution in [3.05, 3.63) is 24.3 Å². The molecule has 8 heteroatoms. The molecule has 2 N–H and O–H groups in total. The number of ether oxygens (including phenoxy) is 2. The number of anilines is 1. The van der Waals surface area contributed by atoms with Crippen LogP contribution in [0.3, 0.4) is 0 Å². The van der Waals surface area contributed by atoms with E-state index in [0.717, 1.165) is 0 Å². The number of nitrogens with zero attached hydrogens (tertiary/aromatic N) is 1. The highest BCUT2D eigenvalue weighted by molar-refractivity contribution is 5.94. The summed E-state index contributed by atoms with van der Waals surface area (Å²) in [6.45, 7) is 5.60. The number of nitrogens with one attached hydrogen (secondary N) is 2. The zero-order chi connectivity index (χ0) is 20.4. The molecule has 1 rings (SSSR count). The number of likely N-dealkylation sites (N-methyl/N-ethyl adjacent to an activating group) is 1. The first-order chi connectivity index (χ1) is 12.6. The van der Waals surface area contributed by atoms with Crippen molar-refractivity contribution in [3.63, 3.8) is 0 Å². The number of carbonyl (C=O) groups excluding carboxylic acids is 3. The summed E-state index contributed by atoms with van der Waals surface area (Å²) in [7, 11) is 3.11. The van der Waals surface area contributed by atoms with Crippen LogP contribution in [-0.2, 0) is 14.3 Å². The fraction of sp³-hybridized carbons (Fsp3) is 0.526. The Balaban J connectivity index is 2.30. The minimum Gasteiger partial charge on any atom is -0.497 e. The van der Waals surface area contributed by atoms with Gasteiger partial charge in [0.1, 0.15) is 11.4 Å². The molecule has 1 aromatic carbocycles. The molecule has 1 aromatic rings. The minimum atomic E-state index is -0.559. The van der Waals surface area contributed by atoms with E-state index in [1.54, 1.807) is 59.2 Å². The fourth-order valence-corrected chi connectivity index (χ4v) is 2.14. The highest BCUT2D eigenvalue weighted by Crippen LogP contribution is 2.16. The summed E-state index contributed by atoms with van der Waals surface area (Å²) in [5, 5.41) is 5.31. The Labute approximate surface area is 160 Å². The van der Waals surface area contributed by atoms with Crippen LogP contribution in [0.25, 0.3) is 0 Å². The largest absolute Gasteiger partial charge is 0.497 e. The minimum absolute atomic E-state index is 0.0600. The predicted octanol–water partition coefficient (Wildman–Crippen LogP) is 2.40. The number of carbonyl (C=O) groups is 3. The van der Waals surface area contributed by atoms with Gasteiger partial charge in [0.2, 0.25) is 11.8 Å². The number of methoxy groups -OCH3 is 1. The van der Waals surface area contributed by atoms with E-state index >= 15 is 0 Å². The Morgan fingerprint density at radius 3 is 2.52 bits per heavy atom. The number of benzene rings is 1. The highest BCUT2D eigenvalue weighted by Gasteiger charge is 2.16. The third-order valence-corrected chi connectivity index (χ3v) is 3.40. The Morgan fingerprint density at radius 2 is 1.89 bits per heavy atom. The molecule has 0 radical (unpaired) electrons. The van der Waals surface area contributed by atoms with E-state index in [4.69, 9.17) is 9.47 Å². The average Bonchev–Trinajstić information content (AvgIpc) is 2.56. The number of hydrogen-bond donors (Lipinski definition) is 2. The Hall–Kier alpha value is -2.77. The van der Waals surface area contributed by atoms with Gasteiger partial charge < -0.3 is 25.0 Å². The van der Waals surface area contributed by atoms with Gasteiger partial charge in [-0.3, -0.25) is 9.59 Å². The molecule has 0 unspecified atom stereocenters. The summed E-state index contributed by atoms with van der Waals surface area (Å²) < 4.78 is 10.2. The zero-order valence-electron chi connectivity index (χ0n) is 16.6. The van der Waals surface area contributed by atoms with Gasteiger partial charge in [-0.25, -0.2) is 4.79 Å². The van der Waals surface area contributed by atoms with Crippen molar-refractivity contribution in [3.8, 4) is 5.75 Å². The van der Waals surface area contributed by atoms with E-state index in [9.17, 15) is 14.4 Å². The van der Waals surface area contributed by atoms with E-state index in [1.807, 2.05) is 0 Å². The SMILES string of the molecule is COc1cccc(NC(=O)CN(C)C(=O)CCCNC(=O)OC(C)(C)C)c1. The molecule has 150 valence electrons. The monoisotopic (exact) mass is 379 g/mol. The molecule has 0 aliphatic rings. The number of amides is 3. The summed E-state index contributed by atoms with van der Waals surface area (Å²) in [5.41, 5.74) is 0.0396. The Bertz CT molecular complexity index is 655. The van der Waals surface area contributed by atoms with Gasteiger partial charge in [0.25, 0.3) is 0 Å². The summed E-state index contributed by atoms with van der Waals surface area (Å²) in [4.78, 5) is 37.0. The first kappa shape index (κ1) is 22.3. The molecule has 0 heterocycles. The van der Waals surface area contributed by atoms with Crippen molar-refractivity contribution in [1.29, 1.82) is 0 Å². The highest BCUT2D eigenvalue weighted by atomic mass is 16.6. The fourth-order valence-electron chi connectivity index (χ4n) is 2.14. The maximum Gasteiger partial charge on any atom is 0.407 e. The third-order valence-electron chi connectivity index (χ3n) is 3.40. The zero-order valence-corrected chi connectivity index (χ0v) is 16.6. The van der Waals surface area contributed by atoms with E-state index < -0.39 is 11.7 Å². The molecule has 8 nitrogen and oxygen atoms in total. The molecule has 0 saturated carbocycles. The molecule has 0 aromatic heterocycles. The molecule has 0 saturated heterocycles. The molecule has 0 bridgehead atoms. The second-order valence-electron chi connectivity index (χ2n) is 7.06. The number of alkyl carbamates (subject to hydrolysis) is 1. The molecular weight excluding hydrogens is 350 g/mol. The quantitative estimate of drug-likeness (QED) is 0.676. The number of hydrogen-bond acceptors (Lipinski definition) is 5. The lowest BCUT2D eigenvalue weighted by Gasteiger charge is -2.20. The Morgan fingerprint density at radius 1 is 1.19 bits per heavy atom. The normalized spacial score (nSPS) is 10.7. The van der Waals surface area contributed by atoms with Crippen molar-refractivity contribution >= 4 is 23.6 Å². The van der Waals surface area contributed by atoms with Crippen LogP contribution in [0, 0.1) is 0 Å². The van der Waals surface area contributed by atoms with Crippen molar-refractivity contribution in [2.75, 3.05) is 32.6 Å². The molecule has 0 aliphatic carbocycles. The molecule has 27 heavy (non-hydrogen) atoms. The van der Waals surface area contributed by atoms with Gasteiger partial charge in [-0.05, 0) is 39.3 Å². The maximum atomic E-state index is 12.1. The van der Waals surface area contributed by atoms with Crippen LogP contribution in [0.15, 0.2) is 24.3 Å². The topological polar surface area (TPSA) is 97.0 Å². The van der Waals surface area contributed by atoms with Gasteiger partial charge in [-0.2, -0.15) is 0 Å². The molecule has 0 aliphatic heterocycles. The van der Waals surface area contributed by atoms with E-state index in [-0.39, 0.29) is 24.8 Å². The van der Waals surface area contributed by atoms with Crippen LogP contribution in [-0.4, -0.2) is 55.7 Å². The van der Waals surface area contributed by atoms with Gasteiger partial charge in [-0.1, -0.05) is 6.07 Å². The van der Waals surface area contributed by atoms with Gasteiger partial charge in [0.15, 0.2) is 0 Å². The van der Waals surface area contributed by atoms with Gasteiger partial charge in [0.05, 0.1) is 13.7 Å². The third kappa shape index (κ3) is 9.48. The smallest absolute Gasteiger partial charge is 0.407 e. The molecule has 0 fully saturated rings. The maximum absolute atomic E-state index is 12.1. The summed E-state index contributed by atoms with van der Waals surface area (Å²) in [6, 6.07) is 6.98. The average molecular weight is 379 g/mol. The van der Waals surface area contributed by atoms with E-state index in [2.05, 4.69) is 10.6 Å². The molecular formula is C19H29N3O5. The second kappa shape index (κ2) is 10.4. The lowest BCUT2D eigenvalue weighted by Crippen LogP contribution is -2.36. The lowest BCUT2D eigenvalue weighted by molar-refractivity contribution is -0.133. The van der Waals surface area contributed by atoms with Crippen LogP contribution < -0.4 is 15.4 Å². The summed E-state index contributed by atoms with van der Waals surface area (Å²) in [5.74, 6) is 0.155. The van der Waals surface area contributed by atoms with Crippen LogP contribution >= 0.6 is 0 Å². The van der Waals surface area contributed by atoms with E-state index in [1.165, 1.54) is 4.90 Å². The van der Waals surface area contributed by atoms with Crippen LogP contribution in [0.4, 0.5) is 10.5 Å². The first-order valence-electron chi connectivity index (χ1n) is 8.75.